The summed E-state index contributed by atoms with van der Waals surface area (Å²) in [6.45, 7) is 0.968. The highest BCUT2D eigenvalue weighted by Crippen LogP contribution is 2.19. The van der Waals surface area contributed by atoms with Crippen molar-refractivity contribution in [1.29, 1.82) is 0 Å². The lowest BCUT2D eigenvalue weighted by atomic mass is 9.97. The normalized spacial score (nSPS) is 18.9. The van der Waals surface area contributed by atoms with Crippen molar-refractivity contribution < 1.29 is 14.7 Å². The van der Waals surface area contributed by atoms with Crippen molar-refractivity contribution in [2.24, 2.45) is 5.92 Å². The molecule has 0 spiro atoms. The van der Waals surface area contributed by atoms with Crippen molar-refractivity contribution in [3.05, 3.63) is 35.4 Å². The fraction of sp³-hybridized carbons (Fsp3) is 0.467. The van der Waals surface area contributed by atoms with Crippen LogP contribution in [0.25, 0.3) is 0 Å². The number of thioether (sulfide) groups is 1. The Morgan fingerprint density at radius 3 is 2.65 bits per heavy atom. The van der Waals surface area contributed by atoms with E-state index < -0.39 is 11.9 Å². The average Bonchev–Trinajstić information content (AvgIpc) is 2.48. The SMILES string of the molecule is CSCc1ccc(C(=O)N2CCC[C@H](C(=O)O)C2)cc1. The van der Waals surface area contributed by atoms with Crippen LogP contribution in [-0.4, -0.2) is 41.2 Å². The summed E-state index contributed by atoms with van der Waals surface area (Å²) in [5, 5.41) is 9.06. The van der Waals surface area contributed by atoms with Gasteiger partial charge in [0.05, 0.1) is 5.92 Å². The van der Waals surface area contributed by atoms with Crippen LogP contribution in [0, 0.1) is 5.92 Å². The zero-order chi connectivity index (χ0) is 14.5. The van der Waals surface area contributed by atoms with E-state index in [0.29, 0.717) is 25.1 Å². The highest BCUT2D eigenvalue weighted by atomic mass is 32.2. The molecule has 0 aromatic heterocycles. The van der Waals surface area contributed by atoms with Crippen LogP contribution >= 0.6 is 11.8 Å². The van der Waals surface area contributed by atoms with Crippen LogP contribution in [0.3, 0.4) is 0 Å². The van der Waals surface area contributed by atoms with E-state index in [2.05, 4.69) is 0 Å². The highest BCUT2D eigenvalue weighted by molar-refractivity contribution is 7.97. The van der Waals surface area contributed by atoms with Crippen LogP contribution in [0.2, 0.25) is 0 Å². The van der Waals surface area contributed by atoms with E-state index in [1.165, 1.54) is 5.56 Å². The number of carbonyl (C=O) groups is 2. The molecule has 1 aromatic carbocycles. The Morgan fingerprint density at radius 2 is 2.05 bits per heavy atom. The Hall–Kier alpha value is -1.49. The van der Waals surface area contributed by atoms with Gasteiger partial charge in [0.2, 0.25) is 0 Å². The summed E-state index contributed by atoms with van der Waals surface area (Å²) < 4.78 is 0. The zero-order valence-electron chi connectivity index (χ0n) is 11.5. The maximum absolute atomic E-state index is 12.4. The molecule has 108 valence electrons. The molecule has 4 nitrogen and oxygen atoms in total. The summed E-state index contributed by atoms with van der Waals surface area (Å²) in [5.41, 5.74) is 1.83. The Labute approximate surface area is 123 Å². The van der Waals surface area contributed by atoms with Gasteiger partial charge in [0.25, 0.3) is 5.91 Å². The zero-order valence-corrected chi connectivity index (χ0v) is 12.4. The number of carboxylic acid groups (broad SMARTS) is 1. The number of piperidine rings is 1. The second-order valence-corrected chi connectivity index (χ2v) is 5.92. The molecule has 1 aliphatic heterocycles. The van der Waals surface area contributed by atoms with E-state index >= 15 is 0 Å². The molecule has 5 heteroatoms. The topological polar surface area (TPSA) is 57.6 Å². The van der Waals surface area contributed by atoms with Gasteiger partial charge in [-0.1, -0.05) is 12.1 Å². The second-order valence-electron chi connectivity index (χ2n) is 5.06. The van der Waals surface area contributed by atoms with Gasteiger partial charge in [-0.15, -0.1) is 0 Å². The molecule has 1 fully saturated rings. The third kappa shape index (κ3) is 3.54. The van der Waals surface area contributed by atoms with E-state index in [0.717, 1.165) is 12.2 Å². The standard InChI is InChI=1S/C15H19NO3S/c1-20-10-11-4-6-12(7-5-11)14(17)16-8-2-3-13(9-16)15(18)19/h4-7,13H,2-3,8-10H2,1H3,(H,18,19)/t13-/m0/s1. The number of carbonyl (C=O) groups excluding carboxylic acids is 1. The first-order valence-electron chi connectivity index (χ1n) is 6.71. The summed E-state index contributed by atoms with van der Waals surface area (Å²) in [6, 6.07) is 7.58. The fourth-order valence-electron chi connectivity index (χ4n) is 2.46. The minimum absolute atomic E-state index is 0.0633. The van der Waals surface area contributed by atoms with Crippen molar-refractivity contribution in [3.8, 4) is 0 Å². The van der Waals surface area contributed by atoms with Gasteiger partial charge in [-0.05, 0) is 36.8 Å². The maximum Gasteiger partial charge on any atom is 0.308 e. The summed E-state index contributed by atoms with van der Waals surface area (Å²) in [7, 11) is 0. The molecule has 2 rings (SSSR count). The predicted octanol–water partition coefficient (Wildman–Crippen LogP) is 2.49. The molecule has 1 saturated heterocycles. The molecule has 1 N–H and O–H groups in total. The van der Waals surface area contributed by atoms with Gasteiger partial charge in [-0.3, -0.25) is 9.59 Å². The molecular weight excluding hydrogens is 274 g/mol. The van der Waals surface area contributed by atoms with Gasteiger partial charge in [-0.2, -0.15) is 11.8 Å². The van der Waals surface area contributed by atoms with E-state index in [4.69, 9.17) is 5.11 Å². The molecular formula is C15H19NO3S. The molecule has 0 saturated carbocycles. The van der Waals surface area contributed by atoms with Gasteiger partial charge in [-0.25, -0.2) is 0 Å². The third-order valence-electron chi connectivity index (χ3n) is 3.57. The Kier molecular flexibility index (Phi) is 5.06. The van der Waals surface area contributed by atoms with Crippen molar-refractivity contribution >= 4 is 23.6 Å². The van der Waals surface area contributed by atoms with E-state index in [1.54, 1.807) is 16.7 Å². The van der Waals surface area contributed by atoms with Crippen LogP contribution in [0.1, 0.15) is 28.8 Å². The number of nitrogens with zero attached hydrogens (tertiary/aromatic N) is 1. The van der Waals surface area contributed by atoms with Crippen molar-refractivity contribution in [1.82, 2.24) is 4.90 Å². The number of likely N-dealkylation sites (tertiary alicyclic amines) is 1. The molecule has 1 amide bonds. The summed E-state index contributed by atoms with van der Waals surface area (Å²) >= 11 is 1.74. The minimum atomic E-state index is -0.808. The smallest absolute Gasteiger partial charge is 0.308 e. The molecule has 0 bridgehead atoms. The monoisotopic (exact) mass is 293 g/mol. The lowest BCUT2D eigenvalue weighted by molar-refractivity contribution is -0.143. The predicted molar refractivity (Wildman–Crippen MR) is 79.9 cm³/mol. The van der Waals surface area contributed by atoms with Crippen molar-refractivity contribution in [2.75, 3.05) is 19.3 Å². The second kappa shape index (κ2) is 6.79. The van der Waals surface area contributed by atoms with E-state index in [9.17, 15) is 9.59 Å². The number of amides is 1. The summed E-state index contributed by atoms with van der Waals surface area (Å²) in [4.78, 5) is 25.1. The summed E-state index contributed by atoms with van der Waals surface area (Å²) in [6.07, 6.45) is 3.46. The van der Waals surface area contributed by atoms with Crippen molar-refractivity contribution in [2.45, 2.75) is 18.6 Å². The van der Waals surface area contributed by atoms with Crippen LogP contribution in [-0.2, 0) is 10.5 Å². The maximum atomic E-state index is 12.4. The largest absolute Gasteiger partial charge is 0.481 e. The first kappa shape index (κ1) is 14.9. The Bertz CT molecular complexity index is 486. The van der Waals surface area contributed by atoms with Crippen LogP contribution in [0.5, 0.6) is 0 Å². The van der Waals surface area contributed by atoms with E-state index in [1.807, 2.05) is 30.5 Å². The fourth-order valence-corrected chi connectivity index (χ4v) is 2.98. The average molecular weight is 293 g/mol. The van der Waals surface area contributed by atoms with Gasteiger partial charge < -0.3 is 10.0 Å². The molecule has 0 unspecified atom stereocenters. The number of aliphatic carboxylic acids is 1. The molecule has 1 aromatic rings. The molecule has 0 radical (unpaired) electrons. The number of benzene rings is 1. The number of hydrogen-bond donors (Lipinski definition) is 1. The van der Waals surface area contributed by atoms with E-state index in [-0.39, 0.29) is 5.91 Å². The molecule has 1 heterocycles. The Morgan fingerprint density at radius 1 is 1.35 bits per heavy atom. The molecule has 20 heavy (non-hydrogen) atoms. The molecule has 0 aliphatic carbocycles. The highest BCUT2D eigenvalue weighted by Gasteiger charge is 2.28. The lowest BCUT2D eigenvalue weighted by Gasteiger charge is -2.30. The third-order valence-corrected chi connectivity index (χ3v) is 4.19. The number of hydrogen-bond acceptors (Lipinski definition) is 3. The molecule has 1 atom stereocenters. The minimum Gasteiger partial charge on any atom is -0.481 e. The number of carboxylic acids is 1. The number of rotatable bonds is 4. The first-order valence-corrected chi connectivity index (χ1v) is 8.11. The lowest BCUT2D eigenvalue weighted by Crippen LogP contribution is -2.42. The van der Waals surface area contributed by atoms with Gasteiger partial charge in [0.1, 0.15) is 0 Å². The van der Waals surface area contributed by atoms with Crippen LogP contribution < -0.4 is 0 Å². The quantitative estimate of drug-likeness (QED) is 0.926. The van der Waals surface area contributed by atoms with Gasteiger partial charge in [0.15, 0.2) is 0 Å². The summed E-state index contributed by atoms with van der Waals surface area (Å²) in [5.74, 6) is -0.368. The molecule has 1 aliphatic rings. The van der Waals surface area contributed by atoms with Crippen molar-refractivity contribution in [3.63, 3.8) is 0 Å². The Balaban J connectivity index is 2.04. The first-order chi connectivity index (χ1) is 9.61. The van der Waals surface area contributed by atoms with Crippen LogP contribution in [0.4, 0.5) is 0 Å². The van der Waals surface area contributed by atoms with Crippen LogP contribution in [0.15, 0.2) is 24.3 Å². The van der Waals surface area contributed by atoms with Gasteiger partial charge >= 0.3 is 5.97 Å². The van der Waals surface area contributed by atoms with Gasteiger partial charge in [0, 0.05) is 24.4 Å².